The second-order valence-electron chi connectivity index (χ2n) is 6.07. The van der Waals surface area contributed by atoms with Crippen LogP contribution < -0.4 is 11.1 Å². The van der Waals surface area contributed by atoms with Gasteiger partial charge >= 0.3 is 0 Å². The van der Waals surface area contributed by atoms with Crippen LogP contribution in [-0.4, -0.2) is 59.0 Å². The molecule has 1 atom stereocenters. The zero-order chi connectivity index (χ0) is 18.5. The van der Waals surface area contributed by atoms with Gasteiger partial charge in [-0.15, -0.1) is 0 Å². The summed E-state index contributed by atoms with van der Waals surface area (Å²) in [7, 11) is 0. The van der Waals surface area contributed by atoms with E-state index in [4.69, 9.17) is 10.5 Å². The smallest absolute Gasteiger partial charge is 0.251 e. The molecule has 0 bridgehead atoms. The molecular formula is C18H21N5O3. The molecule has 0 spiro atoms. The van der Waals surface area contributed by atoms with Crippen LogP contribution >= 0.6 is 0 Å². The lowest BCUT2D eigenvalue weighted by Gasteiger charge is -2.32. The van der Waals surface area contributed by atoms with Gasteiger partial charge in [-0.2, -0.15) is 0 Å². The topological polar surface area (TPSA) is 110 Å². The molecule has 1 aliphatic heterocycles. The first kappa shape index (κ1) is 17.8. The highest BCUT2D eigenvalue weighted by Gasteiger charge is 2.22. The van der Waals surface area contributed by atoms with Gasteiger partial charge in [-0.05, 0) is 12.1 Å². The lowest BCUT2D eigenvalue weighted by molar-refractivity contribution is -0.136. The van der Waals surface area contributed by atoms with Crippen LogP contribution in [0.25, 0.3) is 11.3 Å². The molecule has 136 valence electrons. The molecule has 3 N–H and O–H groups in total. The van der Waals surface area contributed by atoms with Crippen molar-refractivity contribution in [3.63, 3.8) is 0 Å². The Morgan fingerprint density at radius 3 is 2.77 bits per heavy atom. The Kier molecular flexibility index (Phi) is 5.43. The van der Waals surface area contributed by atoms with Crippen molar-refractivity contribution in [2.24, 2.45) is 0 Å². The first-order valence-electron chi connectivity index (χ1n) is 8.36. The van der Waals surface area contributed by atoms with E-state index in [2.05, 4.69) is 15.3 Å². The van der Waals surface area contributed by atoms with Gasteiger partial charge in [-0.3, -0.25) is 9.59 Å². The lowest BCUT2D eigenvalue weighted by atomic mass is 10.1. The van der Waals surface area contributed by atoms with Crippen molar-refractivity contribution in [1.29, 1.82) is 0 Å². The first-order chi connectivity index (χ1) is 12.5. The summed E-state index contributed by atoms with van der Waals surface area (Å²) in [6, 6.07) is 8.76. The molecule has 8 heteroatoms. The van der Waals surface area contributed by atoms with E-state index in [1.165, 1.54) is 13.3 Å². The second-order valence-corrected chi connectivity index (χ2v) is 6.07. The molecule has 1 fully saturated rings. The Bertz CT molecular complexity index is 794. The van der Waals surface area contributed by atoms with Gasteiger partial charge in [0.15, 0.2) is 0 Å². The van der Waals surface area contributed by atoms with Gasteiger partial charge in [0.05, 0.1) is 18.4 Å². The number of amides is 2. The van der Waals surface area contributed by atoms with Crippen LogP contribution in [0.5, 0.6) is 0 Å². The summed E-state index contributed by atoms with van der Waals surface area (Å²) >= 11 is 0. The average molecular weight is 355 g/mol. The van der Waals surface area contributed by atoms with Crippen molar-refractivity contribution in [2.45, 2.75) is 13.0 Å². The van der Waals surface area contributed by atoms with E-state index in [0.717, 1.165) is 5.56 Å². The quantitative estimate of drug-likeness (QED) is 0.835. The van der Waals surface area contributed by atoms with Crippen LogP contribution in [0.1, 0.15) is 17.3 Å². The number of rotatable bonds is 4. The maximum absolute atomic E-state index is 12.3. The Hall–Kier alpha value is -3.00. The summed E-state index contributed by atoms with van der Waals surface area (Å²) in [5.74, 6) is 0.219. The number of hydrogen-bond donors (Lipinski definition) is 2. The average Bonchev–Trinajstić information content (AvgIpc) is 2.66. The molecule has 2 heterocycles. The van der Waals surface area contributed by atoms with Crippen LogP contribution in [0.2, 0.25) is 0 Å². The Balaban J connectivity index is 1.57. The summed E-state index contributed by atoms with van der Waals surface area (Å²) in [6.45, 7) is 3.45. The standard InChI is InChI=1S/C18H21N5O3/c1-12(24)23-6-7-26-15(10-23)9-20-18(25)14-4-2-13(3-5-14)16-8-17(19)22-11-21-16/h2-5,8,11,15H,6-7,9-10H2,1H3,(H,20,25)(H2,19,21,22). The fraction of sp³-hybridized carbons (Fsp3) is 0.333. The molecule has 0 aliphatic carbocycles. The molecule has 1 saturated heterocycles. The van der Waals surface area contributed by atoms with Crippen LogP contribution in [0.4, 0.5) is 5.82 Å². The Morgan fingerprint density at radius 2 is 2.08 bits per heavy atom. The SMILES string of the molecule is CC(=O)N1CCOC(CNC(=O)c2ccc(-c3cc(N)ncn3)cc2)C1. The molecule has 0 saturated carbocycles. The zero-order valence-corrected chi connectivity index (χ0v) is 14.5. The minimum atomic E-state index is -0.195. The second kappa shape index (κ2) is 7.92. The van der Waals surface area contributed by atoms with Gasteiger partial charge in [-0.25, -0.2) is 9.97 Å². The van der Waals surface area contributed by atoms with Crippen molar-refractivity contribution in [3.05, 3.63) is 42.2 Å². The number of nitrogens with zero attached hydrogens (tertiary/aromatic N) is 3. The molecule has 3 rings (SSSR count). The highest BCUT2D eigenvalue weighted by atomic mass is 16.5. The predicted octanol–water partition coefficient (Wildman–Crippen LogP) is 0.703. The molecule has 1 aliphatic rings. The van der Waals surface area contributed by atoms with E-state index in [1.807, 2.05) is 12.1 Å². The number of ether oxygens (including phenoxy) is 1. The van der Waals surface area contributed by atoms with E-state index < -0.39 is 0 Å². The molecule has 1 unspecified atom stereocenters. The van der Waals surface area contributed by atoms with Crippen molar-refractivity contribution < 1.29 is 14.3 Å². The molecule has 2 amide bonds. The van der Waals surface area contributed by atoms with Gasteiger partial charge in [0.25, 0.3) is 5.91 Å². The van der Waals surface area contributed by atoms with Crippen molar-refractivity contribution in [3.8, 4) is 11.3 Å². The summed E-state index contributed by atoms with van der Waals surface area (Å²) in [5, 5.41) is 2.85. The van der Waals surface area contributed by atoms with E-state index in [-0.39, 0.29) is 17.9 Å². The summed E-state index contributed by atoms with van der Waals surface area (Å²) in [6.07, 6.45) is 1.21. The van der Waals surface area contributed by atoms with Gasteiger partial charge in [-0.1, -0.05) is 12.1 Å². The van der Waals surface area contributed by atoms with Gasteiger partial charge in [0.2, 0.25) is 5.91 Å². The maximum Gasteiger partial charge on any atom is 0.251 e. The molecule has 0 radical (unpaired) electrons. The fourth-order valence-corrected chi connectivity index (χ4v) is 2.76. The Labute approximate surface area is 151 Å². The molecule has 2 aromatic rings. The number of hydrogen-bond acceptors (Lipinski definition) is 6. The monoisotopic (exact) mass is 355 g/mol. The summed E-state index contributed by atoms with van der Waals surface area (Å²) in [5.41, 5.74) is 7.75. The number of nitrogens with one attached hydrogen (secondary N) is 1. The predicted molar refractivity (Wildman–Crippen MR) is 96.2 cm³/mol. The normalized spacial score (nSPS) is 17.0. The number of benzene rings is 1. The van der Waals surface area contributed by atoms with E-state index in [0.29, 0.717) is 43.3 Å². The first-order valence-corrected chi connectivity index (χ1v) is 8.36. The summed E-state index contributed by atoms with van der Waals surface area (Å²) < 4.78 is 5.60. The number of anilines is 1. The third-order valence-electron chi connectivity index (χ3n) is 4.21. The number of carbonyl (C=O) groups is 2. The van der Waals surface area contributed by atoms with Gasteiger partial charge in [0, 0.05) is 43.8 Å². The Morgan fingerprint density at radius 1 is 1.31 bits per heavy atom. The highest BCUT2D eigenvalue weighted by Crippen LogP contribution is 2.18. The molecule has 8 nitrogen and oxygen atoms in total. The van der Waals surface area contributed by atoms with Crippen LogP contribution in [0.15, 0.2) is 36.7 Å². The number of nitrogens with two attached hydrogens (primary N) is 1. The summed E-state index contributed by atoms with van der Waals surface area (Å²) in [4.78, 5) is 33.5. The fourth-order valence-electron chi connectivity index (χ4n) is 2.76. The third-order valence-corrected chi connectivity index (χ3v) is 4.21. The van der Waals surface area contributed by atoms with E-state index in [1.54, 1.807) is 23.1 Å². The molecular weight excluding hydrogens is 334 g/mol. The van der Waals surface area contributed by atoms with Crippen molar-refractivity contribution in [1.82, 2.24) is 20.2 Å². The third kappa shape index (κ3) is 4.34. The van der Waals surface area contributed by atoms with Crippen molar-refractivity contribution >= 4 is 17.6 Å². The van der Waals surface area contributed by atoms with E-state index in [9.17, 15) is 9.59 Å². The molecule has 1 aromatic carbocycles. The molecule has 26 heavy (non-hydrogen) atoms. The number of carbonyl (C=O) groups excluding carboxylic acids is 2. The largest absolute Gasteiger partial charge is 0.384 e. The van der Waals surface area contributed by atoms with Crippen LogP contribution in [-0.2, 0) is 9.53 Å². The number of nitrogen functional groups attached to an aromatic ring is 1. The van der Waals surface area contributed by atoms with E-state index >= 15 is 0 Å². The minimum Gasteiger partial charge on any atom is -0.384 e. The van der Waals surface area contributed by atoms with Crippen LogP contribution in [0, 0.1) is 0 Å². The maximum atomic E-state index is 12.3. The highest BCUT2D eigenvalue weighted by molar-refractivity contribution is 5.94. The molecule has 1 aromatic heterocycles. The zero-order valence-electron chi connectivity index (χ0n) is 14.5. The van der Waals surface area contributed by atoms with Crippen LogP contribution in [0.3, 0.4) is 0 Å². The number of morpholine rings is 1. The lowest BCUT2D eigenvalue weighted by Crippen LogP contribution is -2.49. The number of aromatic nitrogens is 2. The minimum absolute atomic E-state index is 0.0190. The van der Waals surface area contributed by atoms with Gasteiger partial charge < -0.3 is 20.7 Å². The van der Waals surface area contributed by atoms with Gasteiger partial charge in [0.1, 0.15) is 12.1 Å². The van der Waals surface area contributed by atoms with Crippen molar-refractivity contribution in [2.75, 3.05) is 32.0 Å².